The van der Waals surface area contributed by atoms with E-state index in [4.69, 9.17) is 14.2 Å². The van der Waals surface area contributed by atoms with Gasteiger partial charge in [-0.25, -0.2) is 0 Å². The Balaban J connectivity index is 2.12. The summed E-state index contributed by atoms with van der Waals surface area (Å²) in [6, 6.07) is 10.2. The van der Waals surface area contributed by atoms with Crippen LogP contribution in [0, 0.1) is 5.92 Å². The summed E-state index contributed by atoms with van der Waals surface area (Å²) in [7, 11) is 1.60. The molecule has 4 heteroatoms. The van der Waals surface area contributed by atoms with Gasteiger partial charge in [0.2, 0.25) is 0 Å². The highest BCUT2D eigenvalue weighted by Gasteiger charge is 2.15. The number of methoxy groups -OCH3 is 1. The van der Waals surface area contributed by atoms with Crippen molar-refractivity contribution in [2.75, 3.05) is 20.5 Å². The largest absolute Gasteiger partial charge is 0.393 e. The molecular weight excluding hydrogens is 316 g/mol. The summed E-state index contributed by atoms with van der Waals surface area (Å²) in [5.41, 5.74) is 1.20. The molecule has 0 fully saturated rings. The van der Waals surface area contributed by atoms with Crippen LogP contribution in [0.4, 0.5) is 0 Å². The lowest BCUT2D eigenvalue weighted by molar-refractivity contribution is -0.0836. The highest BCUT2D eigenvalue weighted by molar-refractivity contribution is 5.13. The third-order valence-electron chi connectivity index (χ3n) is 4.25. The Morgan fingerprint density at radius 1 is 1.16 bits per heavy atom. The lowest BCUT2D eigenvalue weighted by Crippen LogP contribution is -2.22. The van der Waals surface area contributed by atoms with E-state index in [0.29, 0.717) is 18.9 Å². The molecule has 0 unspecified atom stereocenters. The lowest BCUT2D eigenvalue weighted by Gasteiger charge is -2.20. The molecule has 25 heavy (non-hydrogen) atoms. The third kappa shape index (κ3) is 11.1. The molecule has 0 bridgehead atoms. The average Bonchev–Trinajstić information content (AvgIpc) is 2.62. The topological polar surface area (TPSA) is 47.9 Å². The second-order valence-electron chi connectivity index (χ2n) is 6.62. The maximum atomic E-state index is 10.2. The number of aliphatic hydroxyl groups excluding tert-OH is 1. The molecule has 0 aliphatic carbocycles. The van der Waals surface area contributed by atoms with Crippen LogP contribution in [0.5, 0.6) is 0 Å². The molecule has 1 aromatic rings. The summed E-state index contributed by atoms with van der Waals surface area (Å²) in [5, 5.41) is 10.2. The van der Waals surface area contributed by atoms with Crippen molar-refractivity contribution in [1.82, 2.24) is 0 Å². The average molecular weight is 350 g/mol. The number of rotatable bonds is 15. The quantitative estimate of drug-likeness (QED) is 0.291. The maximum Gasteiger partial charge on any atom is 0.146 e. The zero-order valence-corrected chi connectivity index (χ0v) is 15.7. The Labute approximate surface area is 152 Å². The second kappa shape index (κ2) is 14.0. The van der Waals surface area contributed by atoms with Gasteiger partial charge in [0.05, 0.1) is 18.8 Å². The fraction of sp³-hybridized carbons (Fsp3) is 0.619. The van der Waals surface area contributed by atoms with E-state index in [0.717, 1.165) is 32.3 Å². The van der Waals surface area contributed by atoms with Crippen molar-refractivity contribution in [3.63, 3.8) is 0 Å². The fourth-order valence-electron chi connectivity index (χ4n) is 2.67. The summed E-state index contributed by atoms with van der Waals surface area (Å²) < 4.78 is 16.2. The third-order valence-corrected chi connectivity index (χ3v) is 4.25. The van der Waals surface area contributed by atoms with Crippen LogP contribution < -0.4 is 0 Å². The van der Waals surface area contributed by atoms with Gasteiger partial charge in [0, 0.05) is 13.7 Å². The first-order valence-corrected chi connectivity index (χ1v) is 9.16. The highest BCUT2D eigenvalue weighted by Crippen LogP contribution is 2.17. The number of hydrogen-bond acceptors (Lipinski definition) is 4. The van der Waals surface area contributed by atoms with Crippen molar-refractivity contribution in [3.05, 3.63) is 48.6 Å². The van der Waals surface area contributed by atoms with Gasteiger partial charge in [0.1, 0.15) is 6.79 Å². The van der Waals surface area contributed by atoms with Crippen LogP contribution in [0.15, 0.2) is 43.0 Å². The molecule has 0 saturated carbocycles. The van der Waals surface area contributed by atoms with Crippen LogP contribution in [0.1, 0.15) is 44.6 Å². The molecule has 1 aromatic carbocycles. The van der Waals surface area contributed by atoms with E-state index in [1.54, 1.807) is 7.11 Å². The van der Waals surface area contributed by atoms with Gasteiger partial charge in [-0.2, -0.15) is 0 Å². The lowest BCUT2D eigenvalue weighted by atomic mass is 9.97. The molecule has 142 valence electrons. The van der Waals surface area contributed by atoms with Gasteiger partial charge in [0.15, 0.2) is 0 Å². The van der Waals surface area contributed by atoms with Crippen LogP contribution in [-0.2, 0) is 20.8 Å². The van der Waals surface area contributed by atoms with E-state index in [-0.39, 0.29) is 19.0 Å². The Bertz CT molecular complexity index is 435. The van der Waals surface area contributed by atoms with Crippen molar-refractivity contribution in [3.8, 4) is 0 Å². The van der Waals surface area contributed by atoms with Crippen LogP contribution in [0.2, 0.25) is 0 Å². The molecule has 0 radical (unpaired) electrons. The molecule has 0 spiro atoms. The monoisotopic (exact) mass is 350 g/mol. The second-order valence-corrected chi connectivity index (χ2v) is 6.62. The molecule has 3 atom stereocenters. The van der Waals surface area contributed by atoms with E-state index in [1.807, 2.05) is 24.3 Å². The molecule has 0 aliphatic heterocycles. The standard InChI is InChI=1S/C21H34O4/c1-4-8-21(25-17-23-3)15-20(22)12-11-18(2)13-14-24-16-19-9-6-5-7-10-19/h4-7,9-10,18,20-22H,1,8,11-17H2,2-3H3/t18-,20+,21+/m1/s1. The highest BCUT2D eigenvalue weighted by atomic mass is 16.7. The minimum Gasteiger partial charge on any atom is -0.393 e. The summed E-state index contributed by atoms with van der Waals surface area (Å²) in [6.45, 7) is 7.61. The molecule has 0 amide bonds. The van der Waals surface area contributed by atoms with Crippen LogP contribution >= 0.6 is 0 Å². The van der Waals surface area contributed by atoms with Crippen molar-refractivity contribution >= 4 is 0 Å². The summed E-state index contributed by atoms with van der Waals surface area (Å²) in [4.78, 5) is 0. The minimum absolute atomic E-state index is 0.0306. The van der Waals surface area contributed by atoms with Gasteiger partial charge in [-0.05, 0) is 43.6 Å². The predicted octanol–water partition coefficient (Wildman–Crippen LogP) is 4.33. The van der Waals surface area contributed by atoms with E-state index in [2.05, 4.69) is 25.6 Å². The normalized spacial score (nSPS) is 14.8. The molecule has 0 heterocycles. The first kappa shape index (κ1) is 21.8. The van der Waals surface area contributed by atoms with Gasteiger partial charge < -0.3 is 19.3 Å². The number of hydrogen-bond donors (Lipinski definition) is 1. The van der Waals surface area contributed by atoms with Crippen LogP contribution in [-0.4, -0.2) is 37.8 Å². The first-order chi connectivity index (χ1) is 12.2. The molecule has 1 rings (SSSR count). The van der Waals surface area contributed by atoms with E-state index in [1.165, 1.54) is 5.56 Å². The van der Waals surface area contributed by atoms with Crippen molar-refractivity contribution in [2.24, 2.45) is 5.92 Å². The fourth-order valence-corrected chi connectivity index (χ4v) is 2.67. The van der Waals surface area contributed by atoms with Crippen molar-refractivity contribution in [2.45, 2.75) is 57.8 Å². The Morgan fingerprint density at radius 2 is 1.92 bits per heavy atom. The van der Waals surface area contributed by atoms with Gasteiger partial charge in [-0.15, -0.1) is 6.58 Å². The van der Waals surface area contributed by atoms with Gasteiger partial charge in [-0.3, -0.25) is 0 Å². The van der Waals surface area contributed by atoms with E-state index < -0.39 is 0 Å². The minimum atomic E-state index is -0.352. The molecule has 4 nitrogen and oxygen atoms in total. The van der Waals surface area contributed by atoms with Crippen molar-refractivity contribution < 1.29 is 19.3 Å². The van der Waals surface area contributed by atoms with Gasteiger partial charge in [-0.1, -0.05) is 43.3 Å². The Hall–Kier alpha value is -1.20. The van der Waals surface area contributed by atoms with E-state index >= 15 is 0 Å². The zero-order chi connectivity index (χ0) is 18.3. The first-order valence-electron chi connectivity index (χ1n) is 9.16. The molecule has 0 saturated heterocycles. The van der Waals surface area contributed by atoms with Crippen molar-refractivity contribution in [1.29, 1.82) is 0 Å². The van der Waals surface area contributed by atoms with Crippen LogP contribution in [0.25, 0.3) is 0 Å². The summed E-state index contributed by atoms with van der Waals surface area (Å²) >= 11 is 0. The smallest absolute Gasteiger partial charge is 0.146 e. The van der Waals surface area contributed by atoms with E-state index in [9.17, 15) is 5.11 Å². The summed E-state index contributed by atoms with van der Waals surface area (Å²) in [6.07, 6.45) is 5.56. The SMILES string of the molecule is C=CC[C@@H](C[C@@H](O)CC[C@@H](C)CCOCc1ccccc1)OCOC. The Kier molecular flexibility index (Phi) is 12.2. The van der Waals surface area contributed by atoms with Gasteiger partial charge >= 0.3 is 0 Å². The molecule has 1 N–H and O–H groups in total. The number of aliphatic hydroxyl groups is 1. The zero-order valence-electron chi connectivity index (χ0n) is 15.7. The van der Waals surface area contributed by atoms with Crippen LogP contribution in [0.3, 0.4) is 0 Å². The number of ether oxygens (including phenoxy) is 3. The summed E-state index contributed by atoms with van der Waals surface area (Å²) in [5.74, 6) is 0.531. The maximum absolute atomic E-state index is 10.2. The van der Waals surface area contributed by atoms with Gasteiger partial charge in [0.25, 0.3) is 0 Å². The molecule has 0 aromatic heterocycles. The molecular formula is C21H34O4. The predicted molar refractivity (Wildman–Crippen MR) is 101 cm³/mol. The Morgan fingerprint density at radius 3 is 2.60 bits per heavy atom. The number of benzene rings is 1. The molecule has 0 aliphatic rings.